The van der Waals surface area contributed by atoms with E-state index < -0.39 is 5.97 Å². The van der Waals surface area contributed by atoms with E-state index in [1.54, 1.807) is 23.3 Å². The number of nitrogens with zero attached hydrogens (tertiary/aromatic N) is 3. The van der Waals surface area contributed by atoms with E-state index in [9.17, 15) is 9.59 Å². The fourth-order valence-corrected chi connectivity index (χ4v) is 3.61. The maximum atomic E-state index is 12.2. The predicted octanol–water partition coefficient (Wildman–Crippen LogP) is 2.83. The molecule has 1 fully saturated rings. The molecular weight excluding hydrogens is 368 g/mol. The van der Waals surface area contributed by atoms with Crippen molar-refractivity contribution in [2.24, 2.45) is 0 Å². The van der Waals surface area contributed by atoms with Gasteiger partial charge < -0.3 is 4.74 Å². The van der Waals surface area contributed by atoms with Crippen LogP contribution < -0.4 is 5.43 Å². The van der Waals surface area contributed by atoms with Gasteiger partial charge in [0, 0.05) is 24.5 Å². The van der Waals surface area contributed by atoms with Crippen molar-refractivity contribution in [2.45, 2.75) is 25.3 Å². The molecule has 1 unspecified atom stereocenters. The van der Waals surface area contributed by atoms with Crippen molar-refractivity contribution in [3.8, 4) is 0 Å². The average molecular weight is 390 g/mol. The summed E-state index contributed by atoms with van der Waals surface area (Å²) in [6, 6.07) is 14.9. The molecule has 1 atom stereocenters. The fourth-order valence-electron chi connectivity index (χ4n) is 3.61. The van der Waals surface area contributed by atoms with Gasteiger partial charge in [-0.3, -0.25) is 14.8 Å². The molecule has 3 aromatic rings. The molecule has 29 heavy (non-hydrogen) atoms. The van der Waals surface area contributed by atoms with Gasteiger partial charge in [-0.25, -0.2) is 15.2 Å². The Bertz CT molecular complexity index is 1050. The zero-order valence-corrected chi connectivity index (χ0v) is 16.2. The highest BCUT2D eigenvalue weighted by molar-refractivity contribution is 5.87. The Labute approximate surface area is 168 Å². The zero-order valence-electron chi connectivity index (χ0n) is 16.2. The summed E-state index contributed by atoms with van der Waals surface area (Å²) >= 11 is 0. The lowest BCUT2D eigenvalue weighted by molar-refractivity contribution is -0.131. The van der Waals surface area contributed by atoms with Crippen molar-refractivity contribution in [1.82, 2.24) is 20.4 Å². The molecule has 1 aromatic carbocycles. The number of methoxy groups -OCH3 is 1. The Morgan fingerprint density at radius 3 is 2.86 bits per heavy atom. The van der Waals surface area contributed by atoms with Crippen LogP contribution in [0.2, 0.25) is 0 Å². The summed E-state index contributed by atoms with van der Waals surface area (Å²) < 4.78 is 4.80. The molecule has 2 aromatic heterocycles. The van der Waals surface area contributed by atoms with Gasteiger partial charge in [-0.2, -0.15) is 0 Å². The maximum absolute atomic E-state index is 12.2. The summed E-state index contributed by atoms with van der Waals surface area (Å²) in [5.74, 6) is -0.420. The summed E-state index contributed by atoms with van der Waals surface area (Å²) in [6.45, 7) is 0.656. The number of aromatic nitrogens is 2. The lowest BCUT2D eigenvalue weighted by Gasteiger charge is -2.26. The van der Waals surface area contributed by atoms with Crippen molar-refractivity contribution in [2.75, 3.05) is 13.7 Å². The fraction of sp³-hybridized carbons (Fsp3) is 0.273. The minimum atomic E-state index is -0.489. The van der Waals surface area contributed by atoms with Gasteiger partial charge in [0.1, 0.15) is 5.69 Å². The molecule has 0 bridgehead atoms. The third-order valence-corrected chi connectivity index (χ3v) is 5.07. The average Bonchev–Trinajstić information content (AvgIpc) is 3.17. The highest BCUT2D eigenvalue weighted by Gasteiger charge is 2.25. The minimum Gasteiger partial charge on any atom is -0.464 e. The Hall–Kier alpha value is -3.32. The van der Waals surface area contributed by atoms with Gasteiger partial charge in [0.2, 0.25) is 5.91 Å². The largest absolute Gasteiger partial charge is 0.464 e. The Balaban J connectivity index is 1.70. The number of para-hydroxylation sites is 1. The molecule has 1 aliphatic rings. The first-order chi connectivity index (χ1) is 14.2. The minimum absolute atomic E-state index is 0.0682. The monoisotopic (exact) mass is 390 g/mol. The zero-order chi connectivity index (χ0) is 20.2. The molecule has 7 heteroatoms. The van der Waals surface area contributed by atoms with Crippen LogP contribution in [0, 0.1) is 0 Å². The number of pyridine rings is 2. The molecule has 1 aliphatic heterocycles. The molecule has 148 valence electrons. The van der Waals surface area contributed by atoms with Crippen molar-refractivity contribution in [3.63, 3.8) is 0 Å². The first-order valence-corrected chi connectivity index (χ1v) is 9.60. The molecule has 0 aliphatic carbocycles. The molecule has 4 rings (SSSR count). The smallest absolute Gasteiger partial charge is 0.356 e. The third-order valence-electron chi connectivity index (χ3n) is 5.07. The second-order valence-electron chi connectivity index (χ2n) is 6.96. The van der Waals surface area contributed by atoms with E-state index in [-0.39, 0.29) is 17.6 Å². The van der Waals surface area contributed by atoms with Crippen molar-refractivity contribution < 1.29 is 14.3 Å². The Morgan fingerprint density at radius 1 is 1.21 bits per heavy atom. The topological polar surface area (TPSA) is 84.4 Å². The molecule has 0 saturated carbocycles. The van der Waals surface area contributed by atoms with Crippen molar-refractivity contribution in [3.05, 3.63) is 71.7 Å². The SMILES string of the molecule is COC(=O)c1cccc(C(Cc2ccnc3ccccc23)NN2CCCC2=O)n1. The number of fused-ring (bicyclic) bond motifs is 1. The summed E-state index contributed by atoms with van der Waals surface area (Å²) in [5.41, 5.74) is 6.24. The number of carbonyl (C=O) groups is 2. The lowest BCUT2D eigenvalue weighted by atomic mass is 9.99. The van der Waals surface area contributed by atoms with E-state index in [4.69, 9.17) is 4.74 Å². The van der Waals surface area contributed by atoms with E-state index in [1.165, 1.54) is 7.11 Å². The maximum Gasteiger partial charge on any atom is 0.356 e. The second kappa shape index (κ2) is 8.36. The molecule has 1 saturated heterocycles. The second-order valence-corrected chi connectivity index (χ2v) is 6.96. The number of carbonyl (C=O) groups excluding carboxylic acids is 2. The van der Waals surface area contributed by atoms with E-state index in [0.717, 1.165) is 22.9 Å². The molecule has 0 spiro atoms. The summed E-state index contributed by atoms with van der Waals surface area (Å²) in [5, 5.41) is 2.71. The molecule has 0 radical (unpaired) electrons. The molecule has 7 nitrogen and oxygen atoms in total. The van der Waals surface area contributed by atoms with Crippen LogP contribution in [-0.2, 0) is 16.0 Å². The first kappa shape index (κ1) is 19.0. The number of hydrogen-bond acceptors (Lipinski definition) is 6. The number of benzene rings is 1. The Morgan fingerprint density at radius 2 is 2.07 bits per heavy atom. The molecular formula is C22H22N4O3. The summed E-state index contributed by atoms with van der Waals surface area (Å²) in [7, 11) is 1.33. The normalized spacial score (nSPS) is 14.9. The predicted molar refractivity (Wildman–Crippen MR) is 108 cm³/mol. The number of ether oxygens (including phenoxy) is 1. The third kappa shape index (κ3) is 4.09. The number of hydrogen-bond donors (Lipinski definition) is 1. The van der Waals surface area contributed by atoms with Gasteiger partial charge in [-0.05, 0) is 42.7 Å². The van der Waals surface area contributed by atoms with Gasteiger partial charge in [0.05, 0.1) is 24.4 Å². The van der Waals surface area contributed by atoms with Crippen LogP contribution in [0.15, 0.2) is 54.7 Å². The highest BCUT2D eigenvalue weighted by Crippen LogP contribution is 2.24. The molecule has 1 N–H and O–H groups in total. The standard InChI is InChI=1S/C22H22N4O3/c1-29-22(28)19-9-4-8-18(24-19)20(25-26-13-5-10-21(26)27)14-15-11-12-23-17-7-3-2-6-16(15)17/h2-4,6-9,11-12,20,25H,5,10,13-14H2,1H3. The van der Waals surface area contributed by atoms with Gasteiger partial charge in [0.15, 0.2) is 0 Å². The highest BCUT2D eigenvalue weighted by atomic mass is 16.5. The van der Waals surface area contributed by atoms with E-state index in [1.807, 2.05) is 36.4 Å². The van der Waals surface area contributed by atoms with E-state index in [2.05, 4.69) is 15.4 Å². The summed E-state index contributed by atoms with van der Waals surface area (Å²) in [6.07, 6.45) is 3.73. The van der Waals surface area contributed by atoms with Gasteiger partial charge >= 0.3 is 5.97 Å². The number of amides is 1. The molecule has 1 amide bonds. The quantitative estimate of drug-likeness (QED) is 0.652. The Kier molecular flexibility index (Phi) is 5.48. The van der Waals surface area contributed by atoms with E-state index >= 15 is 0 Å². The van der Waals surface area contributed by atoms with Gasteiger partial charge in [0.25, 0.3) is 0 Å². The number of hydrazine groups is 1. The van der Waals surface area contributed by atoms with Crippen LogP contribution in [0.3, 0.4) is 0 Å². The van der Waals surface area contributed by atoms with Crippen molar-refractivity contribution in [1.29, 1.82) is 0 Å². The van der Waals surface area contributed by atoms with Crippen LogP contribution in [0.1, 0.15) is 40.6 Å². The van der Waals surface area contributed by atoms with Crippen LogP contribution in [0.25, 0.3) is 10.9 Å². The lowest BCUT2D eigenvalue weighted by Crippen LogP contribution is -2.42. The number of rotatable bonds is 6. The van der Waals surface area contributed by atoms with Crippen LogP contribution in [0.5, 0.6) is 0 Å². The van der Waals surface area contributed by atoms with Gasteiger partial charge in [-0.15, -0.1) is 0 Å². The van der Waals surface area contributed by atoms with Crippen molar-refractivity contribution >= 4 is 22.8 Å². The van der Waals surface area contributed by atoms with Crippen LogP contribution >= 0.6 is 0 Å². The number of esters is 1. The first-order valence-electron chi connectivity index (χ1n) is 9.60. The number of nitrogens with one attached hydrogen (secondary N) is 1. The van der Waals surface area contributed by atoms with E-state index in [0.29, 0.717) is 25.1 Å². The summed E-state index contributed by atoms with van der Waals surface area (Å²) in [4.78, 5) is 33.0. The molecule has 3 heterocycles. The van der Waals surface area contributed by atoms with Gasteiger partial charge in [-0.1, -0.05) is 24.3 Å². The van der Waals surface area contributed by atoms with Crippen LogP contribution in [0.4, 0.5) is 0 Å². The van der Waals surface area contributed by atoms with Crippen LogP contribution in [-0.4, -0.2) is 40.5 Å².